The third-order valence-electron chi connectivity index (χ3n) is 5.74. The smallest absolute Gasteiger partial charge is 0.308 e. The van der Waals surface area contributed by atoms with E-state index in [9.17, 15) is 9.90 Å². The second-order valence-electron chi connectivity index (χ2n) is 7.65. The minimum Gasteiger partial charge on any atom is -0.506 e. The number of nitrogens with zero attached hydrogens (tertiary/aromatic N) is 2. The lowest BCUT2D eigenvalue weighted by Crippen LogP contribution is -2.44. The van der Waals surface area contributed by atoms with E-state index in [-0.39, 0.29) is 17.6 Å². The maximum absolute atomic E-state index is 11.7. The van der Waals surface area contributed by atoms with Crippen LogP contribution in [0, 0.1) is 5.92 Å². The van der Waals surface area contributed by atoms with E-state index in [2.05, 4.69) is 16.6 Å². The highest BCUT2D eigenvalue weighted by molar-refractivity contribution is 7.80. The summed E-state index contributed by atoms with van der Waals surface area (Å²) in [5.74, 6) is 0.913. The van der Waals surface area contributed by atoms with E-state index in [1.54, 1.807) is 0 Å². The maximum Gasteiger partial charge on any atom is 0.308 e. The first-order chi connectivity index (χ1) is 15.0. The molecule has 1 aromatic carbocycles. The molecule has 9 heteroatoms. The molecule has 0 unspecified atom stereocenters. The van der Waals surface area contributed by atoms with E-state index < -0.39 is 0 Å². The van der Waals surface area contributed by atoms with Crippen molar-refractivity contribution in [2.24, 2.45) is 11.0 Å². The Kier molecular flexibility index (Phi) is 6.43. The molecule has 2 N–H and O–H groups in total. The molecule has 0 saturated carbocycles. The number of hydrogen-bond donors (Lipinski definition) is 2. The third-order valence-corrected chi connectivity index (χ3v) is 7.11. The Bertz CT molecular complexity index is 1030. The van der Waals surface area contributed by atoms with Gasteiger partial charge in [0.25, 0.3) is 0 Å². The summed E-state index contributed by atoms with van der Waals surface area (Å²) in [4.78, 5) is 14.5. The predicted octanol–water partition coefficient (Wildman–Crippen LogP) is 3.54. The van der Waals surface area contributed by atoms with Gasteiger partial charge in [-0.05, 0) is 61.3 Å². The highest BCUT2D eigenvalue weighted by Gasteiger charge is 2.26. The lowest BCUT2D eigenvalue weighted by Gasteiger charge is -2.31. The molecular weight excluding hydrogens is 434 g/mol. The normalized spacial score (nSPS) is 16.6. The maximum atomic E-state index is 11.7. The van der Waals surface area contributed by atoms with Crippen LogP contribution in [0.2, 0.25) is 0 Å². The monoisotopic (exact) mass is 459 g/mol. The highest BCUT2D eigenvalue weighted by atomic mass is 32.1. The molecule has 7 nitrogen and oxygen atoms in total. The van der Waals surface area contributed by atoms with Gasteiger partial charge in [-0.15, -0.1) is 11.3 Å². The molecule has 0 amide bonds. The Morgan fingerprint density at radius 1 is 1.39 bits per heavy atom. The van der Waals surface area contributed by atoms with Crippen LogP contribution in [-0.2, 0) is 16.0 Å². The van der Waals surface area contributed by atoms with Crippen molar-refractivity contribution in [2.75, 3.05) is 26.8 Å². The fraction of sp³-hybridized carbons (Fsp3) is 0.409. The number of esters is 1. The number of rotatable bonds is 4. The molecule has 0 spiro atoms. The second kappa shape index (κ2) is 9.23. The number of methoxy groups -OCH3 is 1. The van der Waals surface area contributed by atoms with Crippen molar-refractivity contribution < 1.29 is 19.4 Å². The molecule has 0 bridgehead atoms. The fourth-order valence-corrected chi connectivity index (χ4v) is 5.12. The molecule has 1 saturated heterocycles. The minimum atomic E-state index is -0.160. The number of likely N-dealkylation sites (tertiary alicyclic amines) is 1. The number of benzene rings is 1. The molecule has 31 heavy (non-hydrogen) atoms. The lowest BCUT2D eigenvalue weighted by atomic mass is 9.97. The van der Waals surface area contributed by atoms with Crippen LogP contribution in [0.5, 0.6) is 11.5 Å². The number of thiocarbonyl (C=S) groups is 1. The number of nitrogens with one attached hydrogen (secondary N) is 1. The number of carbonyl (C=O) groups is 1. The van der Waals surface area contributed by atoms with Crippen molar-refractivity contribution in [1.29, 1.82) is 0 Å². The van der Waals surface area contributed by atoms with E-state index in [1.165, 1.54) is 24.0 Å². The zero-order valence-electron chi connectivity index (χ0n) is 17.5. The van der Waals surface area contributed by atoms with Crippen molar-refractivity contribution in [3.05, 3.63) is 34.7 Å². The average molecular weight is 460 g/mol. The van der Waals surface area contributed by atoms with Crippen molar-refractivity contribution in [1.82, 2.24) is 10.3 Å². The van der Waals surface area contributed by atoms with Crippen molar-refractivity contribution >= 4 is 40.3 Å². The number of hydrogen-bond acceptors (Lipinski definition) is 7. The summed E-state index contributed by atoms with van der Waals surface area (Å²) >= 11 is 6.94. The molecule has 4 rings (SSSR count). The number of hydrazone groups is 1. The van der Waals surface area contributed by atoms with Gasteiger partial charge in [-0.2, -0.15) is 5.10 Å². The number of ether oxygens (including phenoxy) is 2. The molecule has 2 aromatic rings. The fourth-order valence-electron chi connectivity index (χ4n) is 3.89. The largest absolute Gasteiger partial charge is 0.506 e. The first-order valence-corrected chi connectivity index (χ1v) is 11.5. The molecule has 0 aliphatic carbocycles. The summed E-state index contributed by atoms with van der Waals surface area (Å²) in [6.45, 7) is 3.89. The van der Waals surface area contributed by atoms with Crippen LogP contribution >= 0.6 is 23.6 Å². The summed E-state index contributed by atoms with van der Waals surface area (Å²) in [6.07, 6.45) is 2.30. The van der Waals surface area contributed by atoms with Crippen molar-refractivity contribution in [2.45, 2.75) is 26.2 Å². The van der Waals surface area contributed by atoms with Gasteiger partial charge >= 0.3 is 5.97 Å². The van der Waals surface area contributed by atoms with Gasteiger partial charge < -0.3 is 19.5 Å². The molecular formula is C22H25N3O4S2. The van der Waals surface area contributed by atoms with Gasteiger partial charge in [-0.3, -0.25) is 10.2 Å². The van der Waals surface area contributed by atoms with Crippen LogP contribution in [0.25, 0.3) is 10.4 Å². The van der Waals surface area contributed by atoms with E-state index in [0.717, 1.165) is 22.6 Å². The molecule has 0 radical (unpaired) electrons. The number of aromatic hydroxyl groups is 1. The Hall–Kier alpha value is -2.65. The van der Waals surface area contributed by atoms with Gasteiger partial charge in [0.1, 0.15) is 11.5 Å². The number of piperidine rings is 1. The zero-order chi connectivity index (χ0) is 22.0. The molecule has 164 valence electrons. The predicted molar refractivity (Wildman–Crippen MR) is 125 cm³/mol. The van der Waals surface area contributed by atoms with Gasteiger partial charge in [-0.1, -0.05) is 0 Å². The van der Waals surface area contributed by atoms with E-state index in [1.807, 2.05) is 29.3 Å². The summed E-state index contributed by atoms with van der Waals surface area (Å²) in [5.41, 5.74) is 6.39. The Morgan fingerprint density at radius 2 is 2.16 bits per heavy atom. The van der Waals surface area contributed by atoms with Crippen molar-refractivity contribution in [3.63, 3.8) is 0 Å². The number of carbonyl (C=O) groups excluding carboxylic acids is 1. The summed E-state index contributed by atoms with van der Waals surface area (Å²) in [6, 6.07) is 6.01. The van der Waals surface area contributed by atoms with Crippen LogP contribution in [0.15, 0.2) is 28.7 Å². The van der Waals surface area contributed by atoms with Crippen LogP contribution in [0.4, 0.5) is 0 Å². The second-order valence-corrected chi connectivity index (χ2v) is 8.91. The van der Waals surface area contributed by atoms with Crippen LogP contribution < -0.4 is 10.2 Å². The Labute approximate surface area is 190 Å². The zero-order valence-corrected chi connectivity index (χ0v) is 19.1. The molecule has 0 atom stereocenters. The van der Waals surface area contributed by atoms with Gasteiger partial charge in [0.15, 0.2) is 5.11 Å². The first-order valence-electron chi connectivity index (χ1n) is 10.2. The van der Waals surface area contributed by atoms with Crippen LogP contribution in [0.3, 0.4) is 0 Å². The lowest BCUT2D eigenvalue weighted by molar-refractivity contribution is -0.146. The summed E-state index contributed by atoms with van der Waals surface area (Å²) in [5, 5.41) is 17.6. The molecule has 2 aliphatic heterocycles. The highest BCUT2D eigenvalue weighted by Crippen LogP contribution is 2.40. The topological polar surface area (TPSA) is 83.4 Å². The summed E-state index contributed by atoms with van der Waals surface area (Å²) < 4.78 is 10.4. The number of thiophene rings is 1. The van der Waals surface area contributed by atoms with Gasteiger partial charge in [0.2, 0.25) is 0 Å². The van der Waals surface area contributed by atoms with Gasteiger partial charge in [0.05, 0.1) is 35.8 Å². The molecule has 3 heterocycles. The molecule has 2 aliphatic rings. The molecule has 1 aromatic heterocycles. The van der Waals surface area contributed by atoms with E-state index >= 15 is 0 Å². The average Bonchev–Trinajstić information content (AvgIpc) is 3.42. The van der Waals surface area contributed by atoms with E-state index in [0.29, 0.717) is 48.9 Å². The minimum absolute atomic E-state index is 0.0683. The standard InChI is InChI=1S/C22H25N3O4S2/c1-13(23-24-22(30)25-8-5-14(6-9-25)21(27)28-2)17-12-31-20(19(17)26)16-3-4-18-15(11-16)7-10-29-18/h3-4,11-12,14,26H,5-10H2,1-2H3,(H,24,30)/b23-13+. The third kappa shape index (κ3) is 4.52. The van der Waals surface area contributed by atoms with Crippen LogP contribution in [0.1, 0.15) is 30.9 Å². The Balaban J connectivity index is 1.40. The Morgan fingerprint density at radius 3 is 2.90 bits per heavy atom. The van der Waals surface area contributed by atoms with Gasteiger partial charge in [0, 0.05) is 24.9 Å². The van der Waals surface area contributed by atoms with E-state index in [4.69, 9.17) is 21.7 Å². The first kappa shape index (κ1) is 21.6. The molecule has 1 fully saturated rings. The van der Waals surface area contributed by atoms with Gasteiger partial charge in [-0.25, -0.2) is 0 Å². The van der Waals surface area contributed by atoms with Crippen molar-refractivity contribution in [3.8, 4) is 21.9 Å². The quantitative estimate of drug-likeness (QED) is 0.313. The number of fused-ring (bicyclic) bond motifs is 1. The van der Waals surface area contributed by atoms with Crippen LogP contribution in [-0.4, -0.2) is 53.6 Å². The summed E-state index contributed by atoms with van der Waals surface area (Å²) in [7, 11) is 1.42. The SMILES string of the molecule is COC(=O)C1CCN(C(=S)N/N=C(\C)c2csc(-c3ccc4c(c3)CCO4)c2O)CC1.